The van der Waals surface area contributed by atoms with Crippen LogP contribution in [-0.4, -0.2) is 24.0 Å². The molecule has 1 unspecified atom stereocenters. The molecule has 25 heavy (non-hydrogen) atoms. The lowest BCUT2D eigenvalue weighted by Crippen LogP contribution is -2.38. The molecule has 1 heterocycles. The normalized spacial score (nSPS) is 22.4. The molecule has 3 rings (SSSR count). The van der Waals surface area contributed by atoms with Crippen LogP contribution in [0.2, 0.25) is 0 Å². The Morgan fingerprint density at radius 1 is 1.32 bits per heavy atom. The molecule has 0 fully saturated rings. The second-order valence-electron chi connectivity index (χ2n) is 7.52. The number of ketones is 1. The van der Waals surface area contributed by atoms with E-state index in [-0.39, 0.29) is 16.9 Å². The number of phenolic OH excluding ortho intramolecular Hbond substituents is 1. The number of phenols is 1. The van der Waals surface area contributed by atoms with Crippen molar-refractivity contribution in [1.82, 2.24) is 5.32 Å². The molecule has 1 aromatic rings. The third-order valence-corrected chi connectivity index (χ3v) is 4.85. The zero-order chi connectivity index (χ0) is 18.4. The van der Waals surface area contributed by atoms with Crippen LogP contribution in [0.4, 0.5) is 0 Å². The summed E-state index contributed by atoms with van der Waals surface area (Å²) in [7, 11) is 1.33. The number of Topliss-reactive ketones (excluding diaryl/α,β-unsaturated/α-hetero) is 1. The molecule has 2 aliphatic rings. The van der Waals surface area contributed by atoms with Crippen molar-refractivity contribution in [2.24, 2.45) is 5.41 Å². The van der Waals surface area contributed by atoms with Crippen molar-refractivity contribution >= 4 is 11.8 Å². The highest BCUT2D eigenvalue weighted by Gasteiger charge is 2.43. The topological polar surface area (TPSA) is 75.6 Å². The molecule has 1 aliphatic carbocycles. The van der Waals surface area contributed by atoms with Gasteiger partial charge in [-0.25, -0.2) is 4.79 Å². The van der Waals surface area contributed by atoms with Gasteiger partial charge in [-0.3, -0.25) is 4.79 Å². The molecule has 0 saturated heterocycles. The van der Waals surface area contributed by atoms with Crippen LogP contribution < -0.4 is 5.32 Å². The summed E-state index contributed by atoms with van der Waals surface area (Å²) < 4.78 is 4.96. The number of rotatable bonds is 2. The van der Waals surface area contributed by atoms with Gasteiger partial charge in [0.05, 0.1) is 12.7 Å². The van der Waals surface area contributed by atoms with Crippen LogP contribution in [0.15, 0.2) is 46.8 Å². The Balaban J connectivity index is 2.21. The van der Waals surface area contributed by atoms with E-state index in [0.717, 1.165) is 12.1 Å². The van der Waals surface area contributed by atoms with Crippen molar-refractivity contribution in [3.05, 3.63) is 52.4 Å². The minimum absolute atomic E-state index is 0.0287. The Morgan fingerprint density at radius 2 is 2.04 bits per heavy atom. The summed E-state index contributed by atoms with van der Waals surface area (Å²) in [5, 5.41) is 13.1. The number of ether oxygens (including phenoxy) is 1. The lowest BCUT2D eigenvalue weighted by atomic mass is 9.68. The summed E-state index contributed by atoms with van der Waals surface area (Å²) in [6, 6.07) is 6.71. The zero-order valence-electron chi connectivity index (χ0n) is 15.0. The molecule has 5 nitrogen and oxygen atoms in total. The summed E-state index contributed by atoms with van der Waals surface area (Å²) in [6.07, 6.45) is 1.16. The maximum atomic E-state index is 12.9. The molecular weight excluding hydrogens is 318 g/mol. The summed E-state index contributed by atoms with van der Waals surface area (Å²) in [5.41, 5.74) is 3.15. The Bertz CT molecular complexity index is 817. The highest BCUT2D eigenvalue weighted by molar-refractivity contribution is 6.04. The van der Waals surface area contributed by atoms with Crippen molar-refractivity contribution < 1.29 is 19.4 Å². The van der Waals surface area contributed by atoms with Crippen molar-refractivity contribution in [3.63, 3.8) is 0 Å². The van der Waals surface area contributed by atoms with Gasteiger partial charge in [0, 0.05) is 29.3 Å². The molecule has 132 valence electrons. The molecule has 0 amide bonds. The van der Waals surface area contributed by atoms with Crippen LogP contribution in [0, 0.1) is 5.41 Å². The number of hydrogen-bond donors (Lipinski definition) is 2. The van der Waals surface area contributed by atoms with E-state index < -0.39 is 11.9 Å². The summed E-state index contributed by atoms with van der Waals surface area (Å²) in [5.74, 6) is -0.869. The number of dihydropyridines is 1. The average molecular weight is 341 g/mol. The van der Waals surface area contributed by atoms with Crippen LogP contribution in [0.25, 0.3) is 0 Å². The first-order chi connectivity index (χ1) is 11.7. The van der Waals surface area contributed by atoms with E-state index in [4.69, 9.17) is 4.74 Å². The van der Waals surface area contributed by atoms with Crippen molar-refractivity contribution in [1.29, 1.82) is 0 Å². The first-order valence-corrected chi connectivity index (χ1v) is 8.35. The van der Waals surface area contributed by atoms with Crippen molar-refractivity contribution in [2.45, 2.75) is 39.5 Å². The van der Waals surface area contributed by atoms with E-state index in [2.05, 4.69) is 19.2 Å². The SMILES string of the molecule is COC(=O)C1=C(C)NC2=C(C(=O)CC(C)(C)C2)C1c1cccc(O)c1. The van der Waals surface area contributed by atoms with Crippen LogP contribution in [0.5, 0.6) is 5.75 Å². The van der Waals surface area contributed by atoms with Gasteiger partial charge in [0.25, 0.3) is 0 Å². The lowest BCUT2D eigenvalue weighted by molar-refractivity contribution is -0.136. The lowest BCUT2D eigenvalue weighted by Gasteiger charge is -2.39. The number of hydrogen-bond acceptors (Lipinski definition) is 5. The number of allylic oxidation sites excluding steroid dienone is 3. The number of carbonyl (C=O) groups excluding carboxylic acids is 2. The van der Waals surface area contributed by atoms with E-state index in [1.807, 2.05) is 13.0 Å². The molecule has 0 aromatic heterocycles. The van der Waals surface area contributed by atoms with Crippen molar-refractivity contribution in [3.8, 4) is 5.75 Å². The van der Waals surface area contributed by atoms with Gasteiger partial charge in [0.1, 0.15) is 5.75 Å². The monoisotopic (exact) mass is 341 g/mol. The smallest absolute Gasteiger partial charge is 0.336 e. The zero-order valence-corrected chi connectivity index (χ0v) is 15.0. The van der Waals surface area contributed by atoms with Gasteiger partial charge in [0.15, 0.2) is 5.78 Å². The number of methoxy groups -OCH3 is 1. The maximum absolute atomic E-state index is 12.9. The number of benzene rings is 1. The molecule has 1 atom stereocenters. The fourth-order valence-electron chi connectivity index (χ4n) is 3.85. The van der Waals surface area contributed by atoms with E-state index in [9.17, 15) is 14.7 Å². The quantitative estimate of drug-likeness (QED) is 0.808. The number of carbonyl (C=O) groups is 2. The van der Waals surface area contributed by atoms with E-state index in [0.29, 0.717) is 28.8 Å². The first-order valence-electron chi connectivity index (χ1n) is 8.35. The molecular formula is C20H23NO4. The molecule has 1 aromatic carbocycles. The van der Waals surface area contributed by atoms with Gasteiger partial charge >= 0.3 is 5.97 Å². The molecule has 0 saturated carbocycles. The van der Waals surface area contributed by atoms with Gasteiger partial charge < -0.3 is 15.2 Å². The summed E-state index contributed by atoms with van der Waals surface area (Å²) in [6.45, 7) is 5.95. The highest BCUT2D eigenvalue weighted by Crippen LogP contribution is 2.47. The van der Waals surface area contributed by atoms with E-state index in [1.54, 1.807) is 18.2 Å². The highest BCUT2D eigenvalue weighted by atomic mass is 16.5. The van der Waals surface area contributed by atoms with E-state index in [1.165, 1.54) is 7.11 Å². The summed E-state index contributed by atoms with van der Waals surface area (Å²) in [4.78, 5) is 25.4. The van der Waals surface area contributed by atoms with Gasteiger partial charge in [-0.1, -0.05) is 26.0 Å². The number of esters is 1. The predicted molar refractivity (Wildman–Crippen MR) is 93.7 cm³/mol. The minimum atomic E-state index is -0.528. The third kappa shape index (κ3) is 3.06. The Hall–Kier alpha value is -2.56. The maximum Gasteiger partial charge on any atom is 0.336 e. The standard InChI is InChI=1S/C20H23NO4/c1-11-16(19(24)25-4)17(12-6-5-7-13(22)8-12)18-14(21-11)9-20(2,3)10-15(18)23/h5-8,17,21-22H,9-10H2,1-4H3. The predicted octanol–water partition coefficient (Wildman–Crippen LogP) is 3.17. The molecule has 0 radical (unpaired) electrons. The Kier molecular flexibility index (Phi) is 4.19. The fraction of sp³-hybridized carbons (Fsp3) is 0.400. The van der Waals surface area contributed by atoms with Crippen LogP contribution in [0.3, 0.4) is 0 Å². The summed E-state index contributed by atoms with van der Waals surface area (Å²) >= 11 is 0. The average Bonchev–Trinajstić information content (AvgIpc) is 2.51. The number of aromatic hydroxyl groups is 1. The van der Waals surface area contributed by atoms with Crippen LogP contribution in [-0.2, 0) is 14.3 Å². The van der Waals surface area contributed by atoms with E-state index >= 15 is 0 Å². The van der Waals surface area contributed by atoms with Gasteiger partial charge in [-0.15, -0.1) is 0 Å². The van der Waals surface area contributed by atoms with Gasteiger partial charge in [-0.05, 0) is 36.5 Å². The third-order valence-electron chi connectivity index (χ3n) is 4.85. The first kappa shape index (κ1) is 17.3. The van der Waals surface area contributed by atoms with Crippen LogP contribution in [0.1, 0.15) is 45.1 Å². The number of nitrogens with one attached hydrogen (secondary N) is 1. The molecule has 0 bridgehead atoms. The molecule has 2 N–H and O–H groups in total. The Labute approximate surface area is 147 Å². The van der Waals surface area contributed by atoms with Gasteiger partial charge in [-0.2, -0.15) is 0 Å². The fourth-order valence-corrected chi connectivity index (χ4v) is 3.85. The minimum Gasteiger partial charge on any atom is -0.508 e. The largest absolute Gasteiger partial charge is 0.508 e. The van der Waals surface area contributed by atoms with Crippen molar-refractivity contribution in [2.75, 3.05) is 7.11 Å². The Morgan fingerprint density at radius 3 is 2.68 bits per heavy atom. The molecule has 1 aliphatic heterocycles. The van der Waals surface area contributed by atoms with Gasteiger partial charge in [0.2, 0.25) is 0 Å². The second kappa shape index (κ2) is 6.06. The molecule has 5 heteroatoms. The van der Waals surface area contributed by atoms with Crippen LogP contribution >= 0.6 is 0 Å². The molecule has 0 spiro atoms. The second-order valence-corrected chi connectivity index (χ2v) is 7.52.